The number of hydrogen-bond acceptors (Lipinski definition) is 8. The lowest BCUT2D eigenvalue weighted by atomic mass is 10.9. The van der Waals surface area contributed by atoms with E-state index in [0.29, 0.717) is 5.23 Å². The quantitative estimate of drug-likeness (QED) is 0.421. The fourth-order valence-corrected chi connectivity index (χ4v) is 0.484. The third-order valence-electron chi connectivity index (χ3n) is 0.855. The third kappa shape index (κ3) is 1.60. The molecule has 0 aliphatic carbocycles. The predicted molar refractivity (Wildman–Crippen MR) is 33.9 cm³/mol. The molecule has 0 aromatic heterocycles. The van der Waals surface area contributed by atoms with Crippen LogP contribution in [0.15, 0.2) is 32.9 Å². The van der Waals surface area contributed by atoms with E-state index < -0.39 is 0 Å². The van der Waals surface area contributed by atoms with Gasteiger partial charge in [-0.05, 0) is 15.6 Å². The number of rotatable bonds is 2. The maximum absolute atomic E-state index is 9.82. The molecule has 0 bridgehead atoms. The molecule has 0 atom stereocenters. The first kappa shape index (κ1) is 7.80. The van der Waals surface area contributed by atoms with Crippen molar-refractivity contribution in [1.82, 2.24) is 10.3 Å². The average Bonchev–Trinajstić information content (AvgIpc) is 2.09. The van der Waals surface area contributed by atoms with Crippen LogP contribution in [0.3, 0.4) is 0 Å². The van der Waals surface area contributed by atoms with Crippen LogP contribution in [0, 0.1) is 0 Å². The SMILES string of the molecule is O=C=NN1C=CN=NN1N=C=O. The molecule has 1 heterocycles. The van der Waals surface area contributed by atoms with E-state index in [9.17, 15) is 9.59 Å². The Hall–Kier alpha value is -2.30. The Morgan fingerprint density at radius 2 is 2.00 bits per heavy atom. The molecule has 0 aromatic carbocycles. The molecule has 0 saturated carbocycles. The molecule has 8 nitrogen and oxygen atoms in total. The van der Waals surface area contributed by atoms with E-state index in [1.807, 2.05) is 0 Å². The van der Waals surface area contributed by atoms with Crippen molar-refractivity contribution in [2.45, 2.75) is 0 Å². The summed E-state index contributed by atoms with van der Waals surface area (Å²) in [6.45, 7) is 0. The lowest BCUT2D eigenvalue weighted by Gasteiger charge is -2.17. The van der Waals surface area contributed by atoms with Crippen LogP contribution < -0.4 is 0 Å². The van der Waals surface area contributed by atoms with E-state index in [-0.39, 0.29) is 0 Å². The summed E-state index contributed by atoms with van der Waals surface area (Å²) >= 11 is 0. The maximum atomic E-state index is 9.82. The van der Waals surface area contributed by atoms with Gasteiger partial charge in [-0.3, -0.25) is 0 Å². The van der Waals surface area contributed by atoms with E-state index in [1.165, 1.54) is 24.6 Å². The molecular weight excluding hydrogens is 164 g/mol. The summed E-state index contributed by atoms with van der Waals surface area (Å²) in [5.41, 5.74) is 0. The molecule has 0 N–H and O–H groups in total. The Labute approximate surface area is 66.1 Å². The highest BCUT2D eigenvalue weighted by Gasteiger charge is 2.09. The molecule has 8 heteroatoms. The van der Waals surface area contributed by atoms with E-state index in [4.69, 9.17) is 0 Å². The van der Waals surface area contributed by atoms with E-state index in [0.717, 1.165) is 5.12 Å². The van der Waals surface area contributed by atoms with Gasteiger partial charge in [-0.2, -0.15) is 0 Å². The van der Waals surface area contributed by atoms with Gasteiger partial charge in [0.1, 0.15) is 0 Å². The normalized spacial score (nSPS) is 13.7. The van der Waals surface area contributed by atoms with Crippen LogP contribution in [0.2, 0.25) is 0 Å². The molecule has 0 saturated heterocycles. The van der Waals surface area contributed by atoms with Crippen molar-refractivity contribution in [3.05, 3.63) is 12.4 Å². The highest BCUT2D eigenvalue weighted by Crippen LogP contribution is 2.06. The van der Waals surface area contributed by atoms with Gasteiger partial charge in [-0.15, -0.1) is 10.2 Å². The van der Waals surface area contributed by atoms with Crippen molar-refractivity contribution in [3.63, 3.8) is 0 Å². The summed E-state index contributed by atoms with van der Waals surface area (Å²) in [7, 11) is 0. The molecule has 0 spiro atoms. The first-order chi connectivity index (χ1) is 5.88. The van der Waals surface area contributed by atoms with Gasteiger partial charge in [-0.25, -0.2) is 9.59 Å². The number of hydrazone groups is 2. The number of nitrogens with zero attached hydrogens (tertiary/aromatic N) is 6. The topological polar surface area (TPSA) is 90.1 Å². The third-order valence-corrected chi connectivity index (χ3v) is 0.855. The van der Waals surface area contributed by atoms with E-state index in [2.05, 4.69) is 20.5 Å². The molecule has 0 fully saturated rings. The standard InChI is InChI=1S/C4H2N6O2/c11-3-6-9-2-1-5-8-10(9)7-4-12/h1-2H. The molecule has 12 heavy (non-hydrogen) atoms. The first-order valence-electron chi connectivity index (χ1n) is 2.71. The Bertz CT molecular complexity index is 278. The van der Waals surface area contributed by atoms with Gasteiger partial charge in [-0.1, -0.05) is 5.10 Å². The Morgan fingerprint density at radius 3 is 2.67 bits per heavy atom. The molecule has 60 valence electrons. The zero-order valence-corrected chi connectivity index (χ0v) is 5.65. The zero-order chi connectivity index (χ0) is 8.81. The summed E-state index contributed by atoms with van der Waals surface area (Å²) in [5.74, 6) is 0. The van der Waals surface area contributed by atoms with Crippen LogP contribution in [0.4, 0.5) is 0 Å². The van der Waals surface area contributed by atoms with Crippen molar-refractivity contribution in [2.24, 2.45) is 20.5 Å². The monoisotopic (exact) mass is 166 g/mol. The lowest BCUT2D eigenvalue weighted by Crippen LogP contribution is -2.26. The van der Waals surface area contributed by atoms with Crippen LogP contribution in [-0.4, -0.2) is 22.5 Å². The molecular formula is C4H2N6O2. The number of carbonyl (C=O) groups excluding carboxylic acids is 2. The second-order valence-corrected chi connectivity index (χ2v) is 1.47. The van der Waals surface area contributed by atoms with Gasteiger partial charge < -0.3 is 0 Å². The second-order valence-electron chi connectivity index (χ2n) is 1.47. The van der Waals surface area contributed by atoms with Gasteiger partial charge >= 0.3 is 0 Å². The molecule has 1 aliphatic rings. The first-order valence-corrected chi connectivity index (χ1v) is 2.71. The van der Waals surface area contributed by atoms with Crippen LogP contribution in [-0.2, 0) is 9.59 Å². The van der Waals surface area contributed by atoms with Crippen LogP contribution in [0.5, 0.6) is 0 Å². The van der Waals surface area contributed by atoms with Crippen LogP contribution >= 0.6 is 0 Å². The highest BCUT2D eigenvalue weighted by molar-refractivity contribution is 5.33. The van der Waals surface area contributed by atoms with Gasteiger partial charge in [0, 0.05) is 0 Å². The summed E-state index contributed by atoms with van der Waals surface area (Å²) in [6.07, 6.45) is 4.97. The van der Waals surface area contributed by atoms with E-state index >= 15 is 0 Å². The number of hydrazine groups is 1. The number of hydrogen-bond donors (Lipinski definition) is 0. The molecule has 0 unspecified atom stereocenters. The fraction of sp³-hybridized carbons (Fsp3) is 0. The summed E-state index contributed by atoms with van der Waals surface area (Å²) in [4.78, 5) is 19.6. The van der Waals surface area contributed by atoms with Gasteiger partial charge in [0.05, 0.1) is 12.4 Å². The van der Waals surface area contributed by atoms with Crippen molar-refractivity contribution >= 4 is 12.2 Å². The summed E-state index contributed by atoms with van der Waals surface area (Å²) in [6, 6.07) is 0. The predicted octanol–water partition coefficient (Wildman–Crippen LogP) is -0.141. The minimum atomic E-state index is 0.678. The minimum absolute atomic E-state index is 0.678. The van der Waals surface area contributed by atoms with Crippen molar-refractivity contribution in [3.8, 4) is 0 Å². The minimum Gasteiger partial charge on any atom is -0.209 e. The van der Waals surface area contributed by atoms with Crippen molar-refractivity contribution in [2.75, 3.05) is 0 Å². The smallest absolute Gasteiger partial charge is 0.209 e. The van der Waals surface area contributed by atoms with Crippen molar-refractivity contribution < 1.29 is 9.59 Å². The van der Waals surface area contributed by atoms with Gasteiger partial charge in [0.2, 0.25) is 0 Å². The van der Waals surface area contributed by atoms with Gasteiger partial charge in [0.25, 0.3) is 12.2 Å². The molecule has 0 aromatic rings. The molecule has 0 amide bonds. The summed E-state index contributed by atoms with van der Waals surface area (Å²) in [5, 5.41) is 14.4. The van der Waals surface area contributed by atoms with Crippen LogP contribution in [0.1, 0.15) is 0 Å². The maximum Gasteiger partial charge on any atom is 0.261 e. The summed E-state index contributed by atoms with van der Waals surface area (Å²) < 4.78 is 0. The Morgan fingerprint density at radius 1 is 1.25 bits per heavy atom. The Kier molecular flexibility index (Phi) is 2.45. The zero-order valence-electron chi connectivity index (χ0n) is 5.65. The largest absolute Gasteiger partial charge is 0.261 e. The second kappa shape index (κ2) is 3.77. The average molecular weight is 166 g/mol. The van der Waals surface area contributed by atoms with E-state index in [1.54, 1.807) is 0 Å². The Balaban J connectivity index is 2.83. The molecule has 0 radical (unpaired) electrons. The van der Waals surface area contributed by atoms with Crippen LogP contribution in [0.25, 0.3) is 0 Å². The molecule has 1 aliphatic heterocycles. The van der Waals surface area contributed by atoms with Gasteiger partial charge in [0.15, 0.2) is 0 Å². The molecule has 1 rings (SSSR count). The van der Waals surface area contributed by atoms with Crippen molar-refractivity contribution in [1.29, 1.82) is 0 Å². The fourth-order valence-electron chi connectivity index (χ4n) is 0.484. The lowest BCUT2D eigenvalue weighted by molar-refractivity contribution is 0.0134. The number of isocyanates is 2. The highest BCUT2D eigenvalue weighted by atomic mass is 16.1.